The molecule has 2 unspecified atom stereocenters. The number of hydrogen-bond acceptors (Lipinski definition) is 4. The summed E-state index contributed by atoms with van der Waals surface area (Å²) in [4.78, 5) is 14.7. The van der Waals surface area contributed by atoms with E-state index >= 15 is 0 Å². The van der Waals surface area contributed by atoms with E-state index in [0.29, 0.717) is 6.61 Å². The Balaban J connectivity index is 1.31. The number of hydrogen-bond donors (Lipinski definition) is 0. The normalized spacial score (nSPS) is 20.7. The minimum absolute atomic E-state index is 0.0648. The smallest absolute Gasteiger partial charge is 0.410 e. The summed E-state index contributed by atoms with van der Waals surface area (Å²) >= 11 is 0. The first-order valence-corrected chi connectivity index (χ1v) is 24.2. The van der Waals surface area contributed by atoms with Crippen LogP contribution >= 0.6 is 0 Å². The standard InChI is InChI=1S/C51H87NO4/c1-4-6-8-10-12-14-16-18-20-22-24-26-28-30-32-37-41-51(42-38-33-31-29-27-25-23-21-19-17-15-13-11-9-7-5-2)55-48-43-47(44-49(48)56-51)52(3)50(53)54-45-46-39-35-34-36-40-46/h12,14,18,20,34-36,39-40,47-49H,4-11,13,15-17,19,21-33,37-38,41-45H2,1-3H3/b14-12-,20-18-/t47-,48-,49?,51?/m0/s1. The molecular weight excluding hydrogens is 691 g/mol. The monoisotopic (exact) mass is 778 g/mol. The lowest BCUT2D eigenvalue weighted by atomic mass is 9.98. The highest BCUT2D eigenvalue weighted by atomic mass is 16.8. The highest BCUT2D eigenvalue weighted by molar-refractivity contribution is 5.67. The van der Waals surface area contributed by atoms with E-state index < -0.39 is 5.79 Å². The zero-order valence-electron chi connectivity index (χ0n) is 36.8. The molecule has 4 atom stereocenters. The molecule has 0 N–H and O–H groups in total. The molecule has 1 heterocycles. The van der Waals surface area contributed by atoms with E-state index in [-0.39, 0.29) is 24.3 Å². The molecule has 1 saturated heterocycles. The Morgan fingerprint density at radius 2 is 1.02 bits per heavy atom. The van der Waals surface area contributed by atoms with Crippen molar-refractivity contribution in [3.63, 3.8) is 0 Å². The fraction of sp³-hybridized carbons (Fsp3) is 0.784. The molecule has 1 amide bonds. The molecule has 1 aliphatic carbocycles. The zero-order valence-corrected chi connectivity index (χ0v) is 36.8. The van der Waals surface area contributed by atoms with E-state index in [2.05, 4.69) is 38.2 Å². The number of allylic oxidation sites excluding steroid dienone is 4. The van der Waals surface area contributed by atoms with E-state index in [4.69, 9.17) is 14.2 Å². The van der Waals surface area contributed by atoms with Gasteiger partial charge in [-0.15, -0.1) is 0 Å². The Hall–Kier alpha value is -2.11. The number of unbranched alkanes of at least 4 members (excludes halogenated alkanes) is 24. The molecule has 1 aromatic carbocycles. The van der Waals surface area contributed by atoms with Crippen LogP contribution in [0.3, 0.4) is 0 Å². The maximum Gasteiger partial charge on any atom is 0.410 e. The molecule has 2 fully saturated rings. The average Bonchev–Trinajstić information content (AvgIpc) is 3.76. The number of nitrogens with zero attached hydrogens (tertiary/aromatic N) is 1. The van der Waals surface area contributed by atoms with Crippen molar-refractivity contribution in [2.45, 2.75) is 250 Å². The predicted octanol–water partition coefficient (Wildman–Crippen LogP) is 15.8. The highest BCUT2D eigenvalue weighted by Gasteiger charge is 2.52. The molecule has 0 bridgehead atoms. The summed E-state index contributed by atoms with van der Waals surface area (Å²) in [5, 5.41) is 0. The van der Waals surface area contributed by atoms with Crippen LogP contribution in [-0.2, 0) is 20.8 Å². The van der Waals surface area contributed by atoms with E-state index in [1.165, 1.54) is 167 Å². The van der Waals surface area contributed by atoms with Gasteiger partial charge in [0, 0.05) is 25.9 Å². The molecule has 320 valence electrons. The molecule has 0 aromatic heterocycles. The predicted molar refractivity (Wildman–Crippen MR) is 238 cm³/mol. The molecule has 1 aromatic rings. The summed E-state index contributed by atoms with van der Waals surface area (Å²) < 4.78 is 19.4. The molecule has 0 spiro atoms. The number of fused-ring (bicyclic) bond motifs is 1. The lowest BCUT2D eigenvalue weighted by Crippen LogP contribution is -2.38. The van der Waals surface area contributed by atoms with Gasteiger partial charge in [-0.3, -0.25) is 0 Å². The Morgan fingerprint density at radius 1 is 0.607 bits per heavy atom. The SMILES string of the molecule is CCCCC/C=C\C/C=C\CCCCCCCCC1(CCCCCCCCCCCCCCCCCC)OC2C[C@@H](N(C)C(=O)OCc3ccccc3)C[C@@H]2O1. The van der Waals surface area contributed by atoms with Crippen molar-refractivity contribution in [2.24, 2.45) is 0 Å². The van der Waals surface area contributed by atoms with Gasteiger partial charge in [0.2, 0.25) is 0 Å². The van der Waals surface area contributed by atoms with Gasteiger partial charge in [0.25, 0.3) is 0 Å². The summed E-state index contributed by atoms with van der Waals surface area (Å²) in [6.45, 7) is 4.86. The van der Waals surface area contributed by atoms with Gasteiger partial charge in [0.1, 0.15) is 6.61 Å². The van der Waals surface area contributed by atoms with Crippen molar-refractivity contribution >= 4 is 6.09 Å². The van der Waals surface area contributed by atoms with Gasteiger partial charge >= 0.3 is 6.09 Å². The number of carbonyl (C=O) groups is 1. The molecule has 0 radical (unpaired) electrons. The topological polar surface area (TPSA) is 48.0 Å². The molecule has 1 aliphatic heterocycles. The van der Waals surface area contributed by atoms with E-state index in [0.717, 1.165) is 44.1 Å². The second-order valence-corrected chi connectivity index (χ2v) is 17.4. The van der Waals surface area contributed by atoms with E-state index in [1.54, 1.807) is 4.90 Å². The third-order valence-corrected chi connectivity index (χ3v) is 12.4. The first kappa shape index (κ1) is 48.3. The van der Waals surface area contributed by atoms with Gasteiger partial charge in [0.15, 0.2) is 5.79 Å². The van der Waals surface area contributed by atoms with Crippen molar-refractivity contribution < 1.29 is 19.0 Å². The third-order valence-electron chi connectivity index (χ3n) is 12.4. The van der Waals surface area contributed by atoms with Crippen LogP contribution in [0.1, 0.15) is 225 Å². The number of amides is 1. The molecule has 56 heavy (non-hydrogen) atoms. The van der Waals surface area contributed by atoms with Crippen molar-refractivity contribution in [2.75, 3.05) is 7.05 Å². The Kier molecular flexibility index (Phi) is 27.4. The number of carbonyl (C=O) groups excluding carboxylic acids is 1. The second-order valence-electron chi connectivity index (χ2n) is 17.4. The van der Waals surface area contributed by atoms with Gasteiger partial charge in [-0.2, -0.15) is 0 Å². The summed E-state index contributed by atoms with van der Waals surface area (Å²) in [5.74, 6) is -0.446. The molecule has 3 rings (SSSR count). The lowest BCUT2D eigenvalue weighted by Gasteiger charge is -2.31. The van der Waals surface area contributed by atoms with E-state index in [1.807, 2.05) is 37.4 Å². The summed E-state index contributed by atoms with van der Waals surface area (Å²) in [6, 6.07) is 9.99. The maximum atomic E-state index is 12.9. The second kappa shape index (κ2) is 31.8. The average molecular weight is 778 g/mol. The minimum Gasteiger partial charge on any atom is -0.445 e. The quantitative estimate of drug-likeness (QED) is 0.0509. The van der Waals surface area contributed by atoms with Gasteiger partial charge in [-0.25, -0.2) is 4.79 Å². The molecule has 2 aliphatic rings. The van der Waals surface area contributed by atoms with Crippen molar-refractivity contribution in [3.8, 4) is 0 Å². The summed E-state index contributed by atoms with van der Waals surface area (Å²) in [6.07, 6.45) is 50.2. The fourth-order valence-electron chi connectivity index (χ4n) is 8.74. The van der Waals surface area contributed by atoms with Crippen molar-refractivity contribution in [1.29, 1.82) is 0 Å². The van der Waals surface area contributed by atoms with Crippen LogP contribution in [-0.4, -0.2) is 42.1 Å². The van der Waals surface area contributed by atoms with Crippen LogP contribution in [0, 0.1) is 0 Å². The van der Waals surface area contributed by atoms with Crippen molar-refractivity contribution in [1.82, 2.24) is 4.90 Å². The van der Waals surface area contributed by atoms with Crippen molar-refractivity contribution in [3.05, 3.63) is 60.2 Å². The third kappa shape index (κ3) is 21.6. The largest absolute Gasteiger partial charge is 0.445 e. The lowest BCUT2D eigenvalue weighted by molar-refractivity contribution is -0.192. The highest BCUT2D eigenvalue weighted by Crippen LogP contribution is 2.45. The van der Waals surface area contributed by atoms with Crippen LogP contribution in [0.2, 0.25) is 0 Å². The first-order chi connectivity index (χ1) is 27.6. The number of benzene rings is 1. The molecule has 5 nitrogen and oxygen atoms in total. The van der Waals surface area contributed by atoms with Gasteiger partial charge < -0.3 is 19.1 Å². The minimum atomic E-state index is -0.446. The van der Waals surface area contributed by atoms with Crippen LogP contribution in [0.4, 0.5) is 4.79 Å². The van der Waals surface area contributed by atoms with Crippen LogP contribution in [0.15, 0.2) is 54.6 Å². The zero-order chi connectivity index (χ0) is 39.8. The van der Waals surface area contributed by atoms with Crippen LogP contribution in [0.25, 0.3) is 0 Å². The summed E-state index contributed by atoms with van der Waals surface area (Å²) in [7, 11) is 1.87. The number of rotatable bonds is 35. The molecule has 1 saturated carbocycles. The Morgan fingerprint density at radius 3 is 1.50 bits per heavy atom. The van der Waals surface area contributed by atoms with E-state index in [9.17, 15) is 4.79 Å². The molecule has 5 heteroatoms. The molecular formula is C51H87NO4. The first-order valence-electron chi connectivity index (χ1n) is 24.2. The van der Waals surface area contributed by atoms with Gasteiger partial charge in [-0.05, 0) is 63.4 Å². The van der Waals surface area contributed by atoms with Gasteiger partial charge in [0.05, 0.1) is 12.2 Å². The summed E-state index contributed by atoms with van der Waals surface area (Å²) in [5.41, 5.74) is 1.01. The Bertz CT molecular complexity index is 1120. The van der Waals surface area contributed by atoms with Gasteiger partial charge in [-0.1, -0.05) is 203 Å². The number of ether oxygens (including phenoxy) is 3. The fourth-order valence-corrected chi connectivity index (χ4v) is 8.74. The Labute approximate surface area is 346 Å². The maximum absolute atomic E-state index is 12.9. The van der Waals surface area contributed by atoms with Crippen LogP contribution in [0.5, 0.6) is 0 Å². The van der Waals surface area contributed by atoms with Crippen LogP contribution < -0.4 is 0 Å².